The van der Waals surface area contributed by atoms with Gasteiger partial charge in [-0.3, -0.25) is 9.69 Å². The van der Waals surface area contributed by atoms with E-state index in [2.05, 4.69) is 20.9 Å². The second-order valence-electron chi connectivity index (χ2n) is 6.61. The minimum atomic E-state index is -0.357. The second-order valence-corrected chi connectivity index (χ2v) is 8.58. The molecule has 0 spiro atoms. The third-order valence-electron chi connectivity index (χ3n) is 4.40. The van der Waals surface area contributed by atoms with Gasteiger partial charge in [-0.05, 0) is 54.1 Å². The molecule has 156 valence electrons. The maximum Gasteiger partial charge on any atom is 0.283 e. The highest BCUT2D eigenvalue weighted by atomic mass is 79.9. The molecule has 0 aromatic heterocycles. The van der Waals surface area contributed by atoms with Crippen molar-refractivity contribution in [3.63, 3.8) is 0 Å². The Labute approximate surface area is 192 Å². The zero-order chi connectivity index (χ0) is 21.6. The maximum atomic E-state index is 13.4. The van der Waals surface area contributed by atoms with E-state index < -0.39 is 0 Å². The summed E-state index contributed by atoms with van der Waals surface area (Å²) in [4.78, 5) is 19.2. The Morgan fingerprint density at radius 2 is 1.81 bits per heavy atom. The molecule has 7 heteroatoms. The minimum Gasteiger partial charge on any atom is -0.493 e. The molecule has 0 bridgehead atoms. The van der Waals surface area contributed by atoms with Crippen LogP contribution in [0, 0.1) is 5.82 Å². The van der Waals surface area contributed by atoms with Crippen LogP contribution in [0.15, 0.2) is 94.0 Å². The Bertz CT molecular complexity index is 1130. The molecule has 4 rings (SSSR count). The van der Waals surface area contributed by atoms with E-state index in [0.717, 1.165) is 15.8 Å². The summed E-state index contributed by atoms with van der Waals surface area (Å²) in [5.41, 5.74) is 1.80. The van der Waals surface area contributed by atoms with Gasteiger partial charge >= 0.3 is 0 Å². The first-order chi connectivity index (χ1) is 15.1. The summed E-state index contributed by atoms with van der Waals surface area (Å²) in [6, 6.07) is 23.0. The van der Waals surface area contributed by atoms with Crippen LogP contribution in [0.1, 0.15) is 5.56 Å². The van der Waals surface area contributed by atoms with Gasteiger partial charge in [-0.15, -0.1) is 0 Å². The van der Waals surface area contributed by atoms with E-state index in [0.29, 0.717) is 28.9 Å². The van der Waals surface area contributed by atoms with Gasteiger partial charge in [-0.1, -0.05) is 64.1 Å². The van der Waals surface area contributed by atoms with Crippen LogP contribution in [0.4, 0.5) is 10.1 Å². The fourth-order valence-corrected chi connectivity index (χ4v) is 4.18. The van der Waals surface area contributed by atoms with E-state index in [-0.39, 0.29) is 11.7 Å². The molecule has 3 aromatic carbocycles. The van der Waals surface area contributed by atoms with E-state index in [1.54, 1.807) is 18.2 Å². The largest absolute Gasteiger partial charge is 0.493 e. The highest BCUT2D eigenvalue weighted by molar-refractivity contribution is 9.10. The Kier molecular flexibility index (Phi) is 6.84. The molecule has 4 nitrogen and oxygen atoms in total. The van der Waals surface area contributed by atoms with Crippen LogP contribution in [0.3, 0.4) is 0 Å². The molecule has 0 aliphatic carbocycles. The number of amidine groups is 1. The number of rotatable bonds is 6. The van der Waals surface area contributed by atoms with Crippen LogP contribution in [0.2, 0.25) is 0 Å². The number of hydrogen-bond donors (Lipinski definition) is 0. The Hall–Kier alpha value is -2.90. The number of amides is 1. The lowest BCUT2D eigenvalue weighted by Crippen LogP contribution is -2.30. The molecule has 0 unspecified atom stereocenters. The summed E-state index contributed by atoms with van der Waals surface area (Å²) >= 11 is 4.84. The van der Waals surface area contributed by atoms with E-state index in [9.17, 15) is 9.18 Å². The van der Waals surface area contributed by atoms with Gasteiger partial charge in [0.25, 0.3) is 5.91 Å². The molecule has 3 aromatic rings. The Morgan fingerprint density at radius 1 is 1.03 bits per heavy atom. The lowest BCUT2D eigenvalue weighted by molar-refractivity contribution is -0.113. The van der Waals surface area contributed by atoms with Crippen LogP contribution < -0.4 is 9.64 Å². The van der Waals surface area contributed by atoms with Crippen molar-refractivity contribution in [3.05, 3.63) is 100 Å². The number of thioether (sulfide) groups is 1. The van der Waals surface area contributed by atoms with Crippen molar-refractivity contribution in [3.8, 4) is 5.75 Å². The number of benzene rings is 3. The summed E-state index contributed by atoms with van der Waals surface area (Å²) in [6.07, 6.45) is 1.75. The Morgan fingerprint density at radius 3 is 2.55 bits per heavy atom. The fourth-order valence-electron chi connectivity index (χ4n) is 2.97. The standard InChI is InChI=1S/C24H18BrFN2O2S/c25-18-7-4-8-21(16-18)30-13-14-31-24-27-22(15-17-5-2-1-3-6-17)23(29)28(24)20-11-9-19(26)10-12-20/h1-12,15-16H,13-14H2. The number of anilines is 1. The van der Waals surface area contributed by atoms with Gasteiger partial charge < -0.3 is 4.74 Å². The van der Waals surface area contributed by atoms with Crippen molar-refractivity contribution in [2.45, 2.75) is 0 Å². The van der Waals surface area contributed by atoms with Crippen LogP contribution in [-0.4, -0.2) is 23.4 Å². The second kappa shape index (κ2) is 9.94. The number of ether oxygens (including phenoxy) is 1. The van der Waals surface area contributed by atoms with Gasteiger partial charge in [0, 0.05) is 10.2 Å². The molecule has 1 amide bonds. The zero-order valence-corrected chi connectivity index (χ0v) is 18.8. The highest BCUT2D eigenvalue weighted by Crippen LogP contribution is 2.29. The smallest absolute Gasteiger partial charge is 0.283 e. The molecule has 1 aliphatic heterocycles. The number of halogens is 2. The van der Waals surface area contributed by atoms with Gasteiger partial charge in [-0.2, -0.15) is 0 Å². The zero-order valence-electron chi connectivity index (χ0n) is 16.4. The third-order valence-corrected chi connectivity index (χ3v) is 5.79. The number of nitrogens with zero attached hydrogens (tertiary/aromatic N) is 2. The summed E-state index contributed by atoms with van der Waals surface area (Å²) in [6.45, 7) is 0.448. The predicted molar refractivity (Wildman–Crippen MR) is 128 cm³/mol. The summed E-state index contributed by atoms with van der Waals surface area (Å²) in [5.74, 6) is 0.754. The van der Waals surface area contributed by atoms with E-state index in [1.165, 1.54) is 28.8 Å². The van der Waals surface area contributed by atoms with Gasteiger partial charge in [0.1, 0.15) is 17.3 Å². The average Bonchev–Trinajstić information content (AvgIpc) is 3.08. The first-order valence-corrected chi connectivity index (χ1v) is 11.3. The van der Waals surface area contributed by atoms with E-state index in [1.807, 2.05) is 54.6 Å². The van der Waals surface area contributed by atoms with Crippen LogP contribution in [-0.2, 0) is 4.79 Å². The number of carbonyl (C=O) groups is 1. The molecule has 0 N–H and O–H groups in total. The first kappa shape index (κ1) is 21.3. The van der Waals surface area contributed by atoms with Crippen LogP contribution in [0.5, 0.6) is 5.75 Å². The summed E-state index contributed by atoms with van der Waals surface area (Å²) in [7, 11) is 0. The molecule has 0 atom stereocenters. The molecular weight excluding hydrogens is 479 g/mol. The third kappa shape index (κ3) is 5.42. The summed E-state index contributed by atoms with van der Waals surface area (Å²) in [5, 5.41) is 0.539. The molecule has 31 heavy (non-hydrogen) atoms. The molecule has 0 saturated heterocycles. The van der Waals surface area contributed by atoms with Gasteiger partial charge in [0.05, 0.1) is 12.3 Å². The van der Waals surface area contributed by atoms with E-state index >= 15 is 0 Å². The minimum absolute atomic E-state index is 0.245. The molecule has 0 fully saturated rings. The maximum absolute atomic E-state index is 13.4. The predicted octanol–water partition coefficient (Wildman–Crippen LogP) is 6.14. The molecule has 0 saturated carbocycles. The molecule has 0 radical (unpaired) electrons. The highest BCUT2D eigenvalue weighted by Gasteiger charge is 2.31. The van der Waals surface area contributed by atoms with Gasteiger partial charge in [-0.25, -0.2) is 9.38 Å². The van der Waals surface area contributed by atoms with Crippen molar-refractivity contribution >= 4 is 50.5 Å². The number of aliphatic imine (C=N–C) groups is 1. The lowest BCUT2D eigenvalue weighted by Gasteiger charge is -2.17. The van der Waals surface area contributed by atoms with Crippen molar-refractivity contribution in [2.75, 3.05) is 17.3 Å². The van der Waals surface area contributed by atoms with Gasteiger partial charge in [0.15, 0.2) is 5.17 Å². The molecular formula is C24H18BrFN2O2S. The fraction of sp³-hybridized carbons (Fsp3) is 0.0833. The monoisotopic (exact) mass is 496 g/mol. The number of carbonyl (C=O) groups excluding carboxylic acids is 1. The van der Waals surface area contributed by atoms with Crippen molar-refractivity contribution < 1.29 is 13.9 Å². The quantitative estimate of drug-likeness (QED) is 0.303. The molecule has 1 heterocycles. The van der Waals surface area contributed by atoms with E-state index in [4.69, 9.17) is 4.74 Å². The van der Waals surface area contributed by atoms with Gasteiger partial charge in [0.2, 0.25) is 0 Å². The first-order valence-electron chi connectivity index (χ1n) is 9.57. The molecule has 1 aliphatic rings. The lowest BCUT2D eigenvalue weighted by atomic mass is 10.2. The van der Waals surface area contributed by atoms with Crippen molar-refractivity contribution in [1.29, 1.82) is 0 Å². The van der Waals surface area contributed by atoms with Crippen LogP contribution >= 0.6 is 27.7 Å². The topological polar surface area (TPSA) is 41.9 Å². The van der Waals surface area contributed by atoms with Crippen molar-refractivity contribution in [2.24, 2.45) is 4.99 Å². The SMILES string of the molecule is O=C1C(=Cc2ccccc2)N=C(SCCOc2cccc(Br)c2)N1c1ccc(F)cc1. The van der Waals surface area contributed by atoms with Crippen molar-refractivity contribution in [1.82, 2.24) is 0 Å². The van der Waals surface area contributed by atoms with Crippen LogP contribution in [0.25, 0.3) is 6.08 Å². The number of hydrogen-bond acceptors (Lipinski definition) is 4. The normalized spacial score (nSPS) is 14.8. The summed E-state index contributed by atoms with van der Waals surface area (Å²) < 4.78 is 20.1. The Balaban J connectivity index is 1.52. The average molecular weight is 497 g/mol.